The number of carboxylic acids is 2. The van der Waals surface area contributed by atoms with Gasteiger partial charge in [0.2, 0.25) is 35.7 Å². The van der Waals surface area contributed by atoms with Crippen molar-refractivity contribution < 1.29 is 133 Å². The standard InChI is InChI=1S/C41H30O27/c42-13-1-8(2-14(43)24(13)49)36(57)68-41-34-33-30(65-40(61)12(6-19(47)48)23-22-11(39(60)67-34)5-17(46)27(52)31(22)64-32(23)35(55)56)18(63-41)7-62-37(58)9-3-15(44)25(50)28(53)20(9)21-10(38(59)66-33)4-16(45)26(51)29(21)54/h1-5,12,18,23,30,32-34,41-46,49-54H,6-7H2,(H,47,48)(H,55,56)/t12?,18-,23+,30-,32?,33-,34-,41+/m1/s1. The summed E-state index contributed by atoms with van der Waals surface area (Å²) in [6.45, 7) is -1.30. The molecule has 13 N–H and O–H groups in total. The maximum absolute atomic E-state index is 14.6. The van der Waals surface area contributed by atoms with Crippen LogP contribution in [0.15, 0.2) is 30.3 Å². The number of hydrogen-bond donors (Lipinski definition) is 13. The van der Waals surface area contributed by atoms with Gasteiger partial charge < -0.3 is 99.5 Å². The molecule has 1 fully saturated rings. The highest BCUT2D eigenvalue weighted by Crippen LogP contribution is 2.55. The molecule has 0 aromatic heterocycles. The fourth-order valence-corrected chi connectivity index (χ4v) is 8.13. The maximum atomic E-state index is 14.6. The monoisotopic (exact) mass is 954 g/mol. The lowest BCUT2D eigenvalue weighted by Gasteiger charge is -2.44. The highest BCUT2D eigenvalue weighted by atomic mass is 16.7. The van der Waals surface area contributed by atoms with Crippen LogP contribution in [-0.4, -0.2) is 152 Å². The van der Waals surface area contributed by atoms with E-state index >= 15 is 0 Å². The number of carbonyl (C=O) groups excluding carboxylic acids is 5. The number of phenols is 11. The Bertz CT molecular complexity index is 2900. The van der Waals surface area contributed by atoms with Gasteiger partial charge in [-0.3, -0.25) is 9.59 Å². The molecule has 2 unspecified atom stereocenters. The molecule has 4 aliphatic rings. The molecule has 8 atom stereocenters. The zero-order chi connectivity index (χ0) is 49.5. The normalized spacial score (nSPS) is 24.0. The number of phenolic OH excluding ortho intramolecular Hbond substituents is 11. The van der Waals surface area contributed by atoms with Gasteiger partial charge >= 0.3 is 41.8 Å². The second-order valence-corrected chi connectivity index (χ2v) is 15.2. The van der Waals surface area contributed by atoms with E-state index in [1.54, 1.807) is 0 Å². The number of aliphatic carboxylic acids is 2. The van der Waals surface area contributed by atoms with Gasteiger partial charge in [0.15, 0.2) is 64.0 Å². The Balaban J connectivity index is 1.39. The lowest BCUT2D eigenvalue weighted by atomic mass is 9.79. The van der Waals surface area contributed by atoms with Gasteiger partial charge in [-0.15, -0.1) is 0 Å². The molecule has 4 bridgehead atoms. The molecular formula is C41H30O27. The van der Waals surface area contributed by atoms with Crippen molar-refractivity contribution in [3.8, 4) is 80.1 Å². The average Bonchev–Trinajstić information content (AvgIpc) is 3.68. The van der Waals surface area contributed by atoms with Gasteiger partial charge in [0.25, 0.3) is 0 Å². The molecule has 0 amide bonds. The van der Waals surface area contributed by atoms with Crippen LogP contribution in [0.1, 0.15) is 59.3 Å². The molecule has 4 aliphatic heterocycles. The van der Waals surface area contributed by atoms with E-state index in [-0.39, 0.29) is 0 Å². The lowest BCUT2D eigenvalue weighted by molar-refractivity contribution is -0.287. The van der Waals surface area contributed by atoms with Gasteiger partial charge in [-0.2, -0.15) is 0 Å². The second kappa shape index (κ2) is 16.3. The second-order valence-electron chi connectivity index (χ2n) is 15.2. The van der Waals surface area contributed by atoms with Gasteiger partial charge in [0.1, 0.15) is 12.7 Å². The van der Waals surface area contributed by atoms with E-state index in [1.807, 2.05) is 0 Å². The van der Waals surface area contributed by atoms with Crippen LogP contribution >= 0.6 is 0 Å². The maximum Gasteiger partial charge on any atom is 0.345 e. The molecule has 8 rings (SSSR count). The highest BCUT2D eigenvalue weighted by Gasteiger charge is 2.58. The number of fused-ring (bicyclic) bond motifs is 3. The van der Waals surface area contributed by atoms with Crippen LogP contribution in [0.3, 0.4) is 0 Å². The van der Waals surface area contributed by atoms with E-state index in [0.717, 1.165) is 0 Å². The molecule has 27 nitrogen and oxygen atoms in total. The zero-order valence-electron chi connectivity index (χ0n) is 33.4. The molecule has 68 heavy (non-hydrogen) atoms. The molecule has 0 spiro atoms. The summed E-state index contributed by atoms with van der Waals surface area (Å²) >= 11 is 0. The summed E-state index contributed by atoms with van der Waals surface area (Å²) in [4.78, 5) is 96.5. The largest absolute Gasteiger partial charge is 0.504 e. The topological polar surface area (TPSA) is 447 Å². The van der Waals surface area contributed by atoms with Crippen LogP contribution in [0.4, 0.5) is 0 Å². The van der Waals surface area contributed by atoms with E-state index in [9.17, 15) is 99.9 Å². The van der Waals surface area contributed by atoms with Gasteiger partial charge in [0.05, 0.1) is 40.5 Å². The summed E-state index contributed by atoms with van der Waals surface area (Å²) < 4.78 is 39.3. The Morgan fingerprint density at radius 1 is 0.574 bits per heavy atom. The van der Waals surface area contributed by atoms with E-state index in [2.05, 4.69) is 0 Å². The Hall–Kier alpha value is -9.27. The summed E-state index contributed by atoms with van der Waals surface area (Å²) in [5.74, 6) is -31.7. The Kier molecular flexibility index (Phi) is 10.9. The zero-order valence-corrected chi connectivity index (χ0v) is 33.4. The predicted octanol–water partition coefficient (Wildman–Crippen LogP) is 0.564. The van der Waals surface area contributed by atoms with Gasteiger partial charge in [-0.05, 0) is 30.3 Å². The molecule has 0 saturated carbocycles. The molecule has 0 aliphatic carbocycles. The van der Waals surface area contributed by atoms with Crippen molar-refractivity contribution in [2.75, 3.05) is 6.61 Å². The summed E-state index contributed by atoms with van der Waals surface area (Å²) in [5.41, 5.74) is -6.91. The summed E-state index contributed by atoms with van der Waals surface area (Å²) in [7, 11) is 0. The van der Waals surface area contributed by atoms with Crippen LogP contribution in [0.2, 0.25) is 0 Å². The SMILES string of the molecule is O=C(O)CC1C(=O)O[C@H]2[C@H]3OC(=O)c4cc(O)c(O)c(O)c4-c4c(cc(O)c(O)c4O)C(=O)OC[C@H]2O[C@@H](OC(=O)c2cc(O)c(O)c(O)c2)[C@@H]3OC(=O)c2cc(O)c(O)c3c2[C@H]1C(C(=O)O)O3. The van der Waals surface area contributed by atoms with Crippen molar-refractivity contribution in [1.29, 1.82) is 0 Å². The number of cyclic esters (lactones) is 1. The van der Waals surface area contributed by atoms with Gasteiger partial charge in [-0.25, -0.2) is 24.0 Å². The number of aromatic hydroxyl groups is 11. The summed E-state index contributed by atoms with van der Waals surface area (Å²) in [5, 5.41) is 136. The van der Waals surface area contributed by atoms with Crippen molar-refractivity contribution in [2.24, 2.45) is 5.92 Å². The first-order chi connectivity index (χ1) is 32.0. The van der Waals surface area contributed by atoms with Crippen LogP contribution in [0.25, 0.3) is 11.1 Å². The van der Waals surface area contributed by atoms with E-state index in [1.165, 1.54) is 0 Å². The van der Waals surface area contributed by atoms with Gasteiger partial charge in [-0.1, -0.05) is 0 Å². The molecule has 4 aromatic rings. The molecule has 0 radical (unpaired) electrons. The first kappa shape index (κ1) is 45.3. The fourth-order valence-electron chi connectivity index (χ4n) is 8.13. The quantitative estimate of drug-likeness (QED) is 0.0738. The van der Waals surface area contributed by atoms with Crippen LogP contribution in [-0.2, 0) is 42.8 Å². The third kappa shape index (κ3) is 7.27. The number of carboxylic acid groups (broad SMARTS) is 2. The minimum absolute atomic E-state index is 0.365. The van der Waals surface area contributed by atoms with Crippen molar-refractivity contribution in [2.45, 2.75) is 49.1 Å². The molecule has 4 aromatic carbocycles. The highest BCUT2D eigenvalue weighted by molar-refractivity contribution is 6.08. The first-order valence-electron chi connectivity index (χ1n) is 19.2. The predicted molar refractivity (Wildman–Crippen MR) is 206 cm³/mol. The van der Waals surface area contributed by atoms with Crippen molar-refractivity contribution in [3.05, 3.63) is 58.1 Å². The van der Waals surface area contributed by atoms with Crippen LogP contribution in [0, 0.1) is 5.92 Å². The Labute approximate surface area is 374 Å². The Morgan fingerprint density at radius 2 is 1.09 bits per heavy atom. The average molecular weight is 955 g/mol. The van der Waals surface area contributed by atoms with Crippen LogP contribution in [0.5, 0.6) is 69.0 Å². The number of rotatable bonds is 5. The molecule has 1 saturated heterocycles. The fraction of sp³-hybridized carbons (Fsp3) is 0.244. The summed E-state index contributed by atoms with van der Waals surface area (Å²) in [6.07, 6.45) is -16.0. The van der Waals surface area contributed by atoms with E-state index in [0.29, 0.717) is 30.3 Å². The van der Waals surface area contributed by atoms with Crippen molar-refractivity contribution in [1.82, 2.24) is 0 Å². The third-order valence-corrected chi connectivity index (χ3v) is 11.2. The van der Waals surface area contributed by atoms with Crippen molar-refractivity contribution in [3.63, 3.8) is 0 Å². The molecule has 4 heterocycles. The number of ether oxygens (including phenoxy) is 7. The smallest absolute Gasteiger partial charge is 0.345 e. The number of benzene rings is 4. The third-order valence-electron chi connectivity index (χ3n) is 11.2. The first-order valence-corrected chi connectivity index (χ1v) is 19.2. The molecular weight excluding hydrogens is 924 g/mol. The van der Waals surface area contributed by atoms with Crippen molar-refractivity contribution >= 4 is 41.8 Å². The van der Waals surface area contributed by atoms with Gasteiger partial charge in [0, 0.05) is 16.7 Å². The van der Waals surface area contributed by atoms with E-state index in [4.69, 9.17) is 33.2 Å². The molecule has 356 valence electrons. The molecule has 27 heteroatoms. The lowest BCUT2D eigenvalue weighted by Crippen LogP contribution is -2.63. The van der Waals surface area contributed by atoms with Crippen LogP contribution < -0.4 is 4.74 Å². The minimum atomic E-state index is -2.56. The summed E-state index contributed by atoms with van der Waals surface area (Å²) in [6, 6.07) is 2.41. The number of esters is 5. The number of carbonyl (C=O) groups is 7. The number of hydrogen-bond acceptors (Lipinski definition) is 25. The minimum Gasteiger partial charge on any atom is -0.504 e. The Morgan fingerprint density at radius 3 is 1.66 bits per heavy atom. The van der Waals surface area contributed by atoms with E-state index < -0.39 is 211 Å².